The molecule has 0 bridgehead atoms. The summed E-state index contributed by atoms with van der Waals surface area (Å²) < 4.78 is 0. The van der Waals surface area contributed by atoms with Crippen LogP contribution in [0.25, 0.3) is 0 Å². The zero-order valence-electron chi connectivity index (χ0n) is 18.8. The zero-order chi connectivity index (χ0) is 26.8. The van der Waals surface area contributed by atoms with E-state index >= 15 is 0 Å². The van der Waals surface area contributed by atoms with Crippen molar-refractivity contribution in [3.05, 3.63) is 120 Å². The molecular weight excluding hydrogens is 564 g/mol. The van der Waals surface area contributed by atoms with Gasteiger partial charge in [-0.1, -0.05) is 24.3 Å². The minimum atomic E-state index is -1.24. The van der Waals surface area contributed by atoms with Crippen LogP contribution in [0, 0.1) is 0 Å². The average molecular weight is 580 g/mol. The topological polar surface area (TPSA) is 212 Å². The van der Waals surface area contributed by atoms with Crippen LogP contribution in [-0.2, 0) is 26.2 Å². The molecule has 0 radical (unpaired) electrons. The van der Waals surface area contributed by atoms with Crippen molar-refractivity contribution in [3.63, 3.8) is 0 Å². The third-order valence-electron chi connectivity index (χ3n) is 3.50. The average Bonchev–Trinajstić information content (AvgIpc) is 2.92. The standard InChI is InChI=1S/4C6H5NO2.Zr/c4*8-6(9)5-3-1-2-4-7-5;/h4*1-4H,(H,8,9);/q;;;;+4/p-4. The molecule has 13 heteroatoms. The predicted octanol–water partition coefficient (Wildman–Crippen LogP) is -2.22. The molecule has 0 fully saturated rings. The second-order valence-corrected chi connectivity index (χ2v) is 6.01. The maximum absolute atomic E-state index is 10.0. The van der Waals surface area contributed by atoms with Gasteiger partial charge in [-0.15, -0.1) is 0 Å². The molecule has 0 aliphatic carbocycles. The number of carboxylic acids is 4. The molecule has 0 saturated carbocycles. The first-order valence-corrected chi connectivity index (χ1v) is 9.71. The first kappa shape index (κ1) is 32.4. The van der Waals surface area contributed by atoms with Crippen LogP contribution < -0.4 is 20.4 Å². The molecule has 0 spiro atoms. The van der Waals surface area contributed by atoms with Crippen LogP contribution in [0.4, 0.5) is 0 Å². The molecule has 4 rings (SSSR count). The number of rotatable bonds is 4. The minimum absolute atomic E-state index is 0. The molecule has 0 atom stereocenters. The van der Waals surface area contributed by atoms with Crippen LogP contribution in [0.15, 0.2) is 97.6 Å². The van der Waals surface area contributed by atoms with Crippen LogP contribution in [-0.4, -0.2) is 43.8 Å². The molecule has 4 aromatic heterocycles. The fraction of sp³-hybridized carbons (Fsp3) is 0. The van der Waals surface area contributed by atoms with Gasteiger partial charge in [-0.05, 0) is 48.5 Å². The number of hydrogen-bond donors (Lipinski definition) is 0. The van der Waals surface area contributed by atoms with Crippen molar-refractivity contribution in [1.29, 1.82) is 0 Å². The summed E-state index contributed by atoms with van der Waals surface area (Å²) in [7, 11) is 0. The zero-order valence-corrected chi connectivity index (χ0v) is 21.3. The molecule has 0 aliphatic rings. The van der Waals surface area contributed by atoms with E-state index < -0.39 is 23.9 Å². The molecule has 0 N–H and O–H groups in total. The fourth-order valence-electron chi connectivity index (χ4n) is 1.93. The maximum atomic E-state index is 10.0. The third-order valence-corrected chi connectivity index (χ3v) is 3.50. The van der Waals surface area contributed by atoms with Gasteiger partial charge in [0.15, 0.2) is 0 Å². The Kier molecular flexibility index (Phi) is 16.3. The SMILES string of the molecule is O=C([O-])c1ccccn1.O=C([O-])c1ccccn1.O=C([O-])c1ccccn1.O=C([O-])c1ccccn1.[Zr+4]. The molecular formula is C24H16N4O8Zr. The first-order chi connectivity index (χ1) is 17.2. The molecule has 0 unspecified atom stereocenters. The Morgan fingerprint density at radius 3 is 0.676 bits per heavy atom. The Labute approximate surface area is 229 Å². The van der Waals surface area contributed by atoms with Gasteiger partial charge in [-0.25, -0.2) is 0 Å². The Morgan fingerprint density at radius 1 is 0.405 bits per heavy atom. The quantitative estimate of drug-likeness (QED) is 0.251. The predicted molar refractivity (Wildman–Crippen MR) is 114 cm³/mol. The molecule has 12 nitrogen and oxygen atoms in total. The molecule has 4 heterocycles. The van der Waals surface area contributed by atoms with Crippen molar-refractivity contribution in [3.8, 4) is 0 Å². The van der Waals surface area contributed by atoms with Gasteiger partial charge >= 0.3 is 26.2 Å². The summed E-state index contributed by atoms with van der Waals surface area (Å²) in [5.41, 5.74) is -0.120. The van der Waals surface area contributed by atoms with Gasteiger partial charge < -0.3 is 39.6 Å². The summed E-state index contributed by atoms with van der Waals surface area (Å²) >= 11 is 0. The van der Waals surface area contributed by atoms with Crippen molar-refractivity contribution < 1.29 is 65.8 Å². The third kappa shape index (κ3) is 14.4. The Balaban J connectivity index is 0.000000463. The Bertz CT molecular complexity index is 1030. The summed E-state index contributed by atoms with van der Waals surface area (Å²) in [6, 6.07) is 18.5. The van der Waals surface area contributed by atoms with E-state index in [0.717, 1.165) is 0 Å². The van der Waals surface area contributed by atoms with E-state index in [-0.39, 0.29) is 49.0 Å². The van der Waals surface area contributed by atoms with Crippen LogP contribution in [0.5, 0.6) is 0 Å². The largest absolute Gasteiger partial charge is 4.00 e. The first-order valence-electron chi connectivity index (χ1n) is 9.71. The van der Waals surface area contributed by atoms with Crippen molar-refractivity contribution in [2.24, 2.45) is 0 Å². The van der Waals surface area contributed by atoms with E-state index in [4.69, 9.17) is 0 Å². The van der Waals surface area contributed by atoms with E-state index in [0.29, 0.717) is 0 Å². The second-order valence-electron chi connectivity index (χ2n) is 6.01. The maximum Gasteiger partial charge on any atom is 4.00 e. The molecule has 0 amide bonds. The van der Waals surface area contributed by atoms with Gasteiger partial charge in [0.1, 0.15) is 0 Å². The van der Waals surface area contributed by atoms with Crippen LogP contribution >= 0.6 is 0 Å². The number of hydrogen-bond acceptors (Lipinski definition) is 12. The van der Waals surface area contributed by atoms with Crippen molar-refractivity contribution in [1.82, 2.24) is 19.9 Å². The molecule has 0 saturated heterocycles. The van der Waals surface area contributed by atoms with Crippen molar-refractivity contribution >= 4 is 23.9 Å². The van der Waals surface area contributed by atoms with Crippen molar-refractivity contribution in [2.45, 2.75) is 0 Å². The van der Waals surface area contributed by atoms with E-state index in [1.165, 1.54) is 49.1 Å². The number of nitrogens with zero attached hydrogens (tertiary/aromatic N) is 4. The molecule has 37 heavy (non-hydrogen) atoms. The molecule has 0 aromatic carbocycles. The number of carbonyl (C=O) groups excluding carboxylic acids is 4. The summed E-state index contributed by atoms with van der Waals surface area (Å²) in [5, 5.41) is 40.1. The molecule has 4 aromatic rings. The number of carboxylic acid groups (broad SMARTS) is 4. The monoisotopic (exact) mass is 578 g/mol. The summed E-state index contributed by atoms with van der Waals surface area (Å²) in [5.74, 6) is -4.96. The van der Waals surface area contributed by atoms with Crippen LogP contribution in [0.1, 0.15) is 42.0 Å². The van der Waals surface area contributed by atoms with Gasteiger partial charge in [0, 0.05) is 24.8 Å². The van der Waals surface area contributed by atoms with Gasteiger partial charge in [0.25, 0.3) is 0 Å². The number of aromatic carboxylic acids is 4. The minimum Gasteiger partial charge on any atom is -0.543 e. The van der Waals surface area contributed by atoms with Gasteiger partial charge in [0.05, 0.1) is 46.7 Å². The summed E-state index contributed by atoms with van der Waals surface area (Å²) in [6.07, 6.45) is 5.63. The molecule has 184 valence electrons. The summed E-state index contributed by atoms with van der Waals surface area (Å²) in [6.45, 7) is 0. The summed E-state index contributed by atoms with van der Waals surface area (Å²) in [4.78, 5) is 54.2. The van der Waals surface area contributed by atoms with Gasteiger partial charge in [-0.2, -0.15) is 0 Å². The number of pyridine rings is 4. The van der Waals surface area contributed by atoms with Gasteiger partial charge in [-0.3, -0.25) is 19.9 Å². The smallest absolute Gasteiger partial charge is 0.543 e. The van der Waals surface area contributed by atoms with E-state index in [9.17, 15) is 39.6 Å². The second kappa shape index (κ2) is 18.7. The Morgan fingerprint density at radius 2 is 0.595 bits per heavy atom. The number of aromatic nitrogens is 4. The van der Waals surface area contributed by atoms with E-state index in [1.807, 2.05) is 0 Å². The van der Waals surface area contributed by atoms with Crippen LogP contribution in [0.3, 0.4) is 0 Å². The van der Waals surface area contributed by atoms with Crippen LogP contribution in [0.2, 0.25) is 0 Å². The van der Waals surface area contributed by atoms with E-state index in [2.05, 4.69) is 19.9 Å². The number of carbonyl (C=O) groups is 4. The normalized spacial score (nSPS) is 8.65. The molecule has 0 aliphatic heterocycles. The van der Waals surface area contributed by atoms with E-state index in [1.54, 1.807) is 48.5 Å². The van der Waals surface area contributed by atoms with Gasteiger partial charge in [0.2, 0.25) is 0 Å². The fourth-order valence-corrected chi connectivity index (χ4v) is 1.93. The Hall–Kier alpha value is -4.64. The van der Waals surface area contributed by atoms with Crippen molar-refractivity contribution in [2.75, 3.05) is 0 Å².